The number of nitrogens with one attached hydrogen (secondary N) is 1. The number of amides is 1. The zero-order chi connectivity index (χ0) is 12.8. The summed E-state index contributed by atoms with van der Waals surface area (Å²) in [4.78, 5) is 22.0. The molecule has 0 saturated heterocycles. The molecule has 1 atom stereocenters. The van der Waals surface area contributed by atoms with Gasteiger partial charge in [-0.1, -0.05) is 26.0 Å². The Hall–Kier alpha value is -0.840. The van der Waals surface area contributed by atoms with Crippen molar-refractivity contribution < 1.29 is 44.3 Å². The molecule has 92 valence electrons. The Morgan fingerprint density at radius 2 is 1.83 bits per heavy atom. The topological polar surface area (TPSA) is 69.2 Å². The molecule has 1 aromatic carbocycles. The van der Waals surface area contributed by atoms with Crippen molar-refractivity contribution >= 4 is 17.6 Å². The van der Waals surface area contributed by atoms with Gasteiger partial charge in [0, 0.05) is 24.0 Å². The van der Waals surface area contributed by atoms with E-state index in [4.69, 9.17) is 0 Å². The molecule has 4 nitrogen and oxygen atoms in total. The van der Waals surface area contributed by atoms with E-state index < -0.39 is 5.97 Å². The van der Waals surface area contributed by atoms with Gasteiger partial charge in [0.15, 0.2) is 0 Å². The molecule has 1 amide bonds. The average Bonchev–Trinajstić information content (AvgIpc) is 2.30. The average molecular weight is 257 g/mol. The van der Waals surface area contributed by atoms with E-state index in [2.05, 4.69) is 5.32 Å². The number of hydrogen-bond acceptors (Lipinski definition) is 3. The molecule has 0 spiro atoms. The van der Waals surface area contributed by atoms with Crippen LogP contribution in [0.25, 0.3) is 0 Å². The third-order valence-corrected chi connectivity index (χ3v) is 2.63. The molecule has 1 unspecified atom stereocenters. The maximum Gasteiger partial charge on any atom is 1.00 e. The number of carbonyl (C=O) groups is 2. The molecule has 1 aromatic rings. The Balaban J connectivity index is 0.00000289. The molecule has 0 aliphatic heterocycles. The van der Waals surface area contributed by atoms with E-state index in [1.165, 1.54) is 0 Å². The van der Waals surface area contributed by atoms with Gasteiger partial charge in [-0.05, 0) is 24.1 Å². The molecule has 0 fully saturated rings. The minimum Gasteiger partial charge on any atom is -0.550 e. The summed E-state index contributed by atoms with van der Waals surface area (Å²) >= 11 is 0. The summed E-state index contributed by atoms with van der Waals surface area (Å²) in [6, 6.07) is 6.72. The maximum atomic E-state index is 11.6. The Labute approximate surface area is 129 Å². The first-order valence-electron chi connectivity index (χ1n) is 5.62. The number of hydrogen-bond donors (Lipinski definition) is 1. The molecule has 18 heavy (non-hydrogen) atoms. The summed E-state index contributed by atoms with van der Waals surface area (Å²) in [6.07, 6.45) is 0.675. The molecule has 0 saturated carbocycles. The van der Waals surface area contributed by atoms with Crippen LogP contribution in [0.2, 0.25) is 0 Å². The first-order valence-corrected chi connectivity index (χ1v) is 5.62. The first-order chi connectivity index (χ1) is 8.02. The zero-order valence-electron chi connectivity index (χ0n) is 11.0. The van der Waals surface area contributed by atoms with Crippen LogP contribution < -0.4 is 40.0 Å². The number of anilines is 1. The fourth-order valence-electron chi connectivity index (χ4n) is 1.32. The van der Waals surface area contributed by atoms with E-state index in [0.29, 0.717) is 11.3 Å². The van der Waals surface area contributed by atoms with Gasteiger partial charge in [-0.15, -0.1) is 0 Å². The summed E-state index contributed by atoms with van der Waals surface area (Å²) < 4.78 is 0. The summed E-state index contributed by atoms with van der Waals surface area (Å²) in [6.45, 7) is 3.81. The fraction of sp³-hybridized carbons (Fsp3) is 0.385. The van der Waals surface area contributed by atoms with Gasteiger partial charge in [0.25, 0.3) is 0 Å². The van der Waals surface area contributed by atoms with Crippen molar-refractivity contribution in [1.29, 1.82) is 0 Å². The Morgan fingerprint density at radius 1 is 1.28 bits per heavy atom. The van der Waals surface area contributed by atoms with Gasteiger partial charge < -0.3 is 15.2 Å². The van der Waals surface area contributed by atoms with Gasteiger partial charge in [0.05, 0.1) is 0 Å². The minimum absolute atomic E-state index is 0. The molecule has 1 N–H and O–H groups in total. The van der Waals surface area contributed by atoms with Gasteiger partial charge in [-0.3, -0.25) is 4.79 Å². The van der Waals surface area contributed by atoms with Gasteiger partial charge in [-0.25, -0.2) is 0 Å². The van der Waals surface area contributed by atoms with Crippen molar-refractivity contribution in [2.75, 3.05) is 5.32 Å². The van der Waals surface area contributed by atoms with Crippen LogP contribution in [0.3, 0.4) is 0 Å². The van der Waals surface area contributed by atoms with E-state index in [-0.39, 0.29) is 47.8 Å². The molecule has 0 aliphatic carbocycles. The number of aliphatic carboxylic acids is 1. The molecule has 0 aromatic heterocycles. The van der Waals surface area contributed by atoms with Crippen LogP contribution in [-0.2, 0) is 16.0 Å². The Bertz CT molecular complexity index is 403. The molecular weight excluding hydrogens is 241 g/mol. The molecule has 0 radical (unpaired) electrons. The largest absolute Gasteiger partial charge is 1.00 e. The van der Waals surface area contributed by atoms with Crippen molar-refractivity contribution in [3.63, 3.8) is 0 Å². The second-order valence-electron chi connectivity index (χ2n) is 4.04. The van der Waals surface area contributed by atoms with Crippen LogP contribution in [0.15, 0.2) is 24.3 Å². The van der Waals surface area contributed by atoms with Crippen LogP contribution in [0.5, 0.6) is 0 Å². The predicted octanol–water partition coefficient (Wildman–Crippen LogP) is -2.03. The summed E-state index contributed by atoms with van der Waals surface area (Å²) in [5.41, 5.74) is 1.34. The van der Waals surface area contributed by atoms with Gasteiger partial charge >= 0.3 is 29.6 Å². The number of carboxylic acid groups (broad SMARTS) is 1. The number of carboxylic acids is 1. The van der Waals surface area contributed by atoms with Crippen molar-refractivity contribution in [2.24, 2.45) is 5.92 Å². The Kier molecular flexibility index (Phi) is 7.91. The van der Waals surface area contributed by atoms with Gasteiger partial charge in [-0.2, -0.15) is 0 Å². The van der Waals surface area contributed by atoms with Crippen LogP contribution >= 0.6 is 0 Å². The van der Waals surface area contributed by atoms with Crippen molar-refractivity contribution in [3.05, 3.63) is 29.8 Å². The minimum atomic E-state index is -1.11. The van der Waals surface area contributed by atoms with E-state index in [0.717, 1.165) is 6.42 Å². The van der Waals surface area contributed by atoms with E-state index in [1.807, 2.05) is 13.8 Å². The number of carbonyl (C=O) groups excluding carboxylic acids is 2. The molecule has 0 bridgehead atoms. The van der Waals surface area contributed by atoms with E-state index >= 15 is 0 Å². The molecule has 0 heterocycles. The third-order valence-electron chi connectivity index (χ3n) is 2.63. The van der Waals surface area contributed by atoms with E-state index in [9.17, 15) is 14.7 Å². The fourth-order valence-corrected chi connectivity index (χ4v) is 1.32. The van der Waals surface area contributed by atoms with Gasteiger partial charge in [0.1, 0.15) is 0 Å². The van der Waals surface area contributed by atoms with Crippen LogP contribution in [0.1, 0.15) is 25.8 Å². The summed E-state index contributed by atoms with van der Waals surface area (Å²) in [5.74, 6) is -1.17. The Morgan fingerprint density at radius 3 is 2.28 bits per heavy atom. The smallest absolute Gasteiger partial charge is 0.550 e. The normalized spacial score (nSPS) is 11.2. The summed E-state index contributed by atoms with van der Waals surface area (Å²) in [5, 5.41) is 13.1. The SMILES string of the molecule is CCC(C)C(=O)Nc1ccc(CC(=O)[O-])cc1.[Na+]. The van der Waals surface area contributed by atoms with Crippen LogP contribution in [-0.4, -0.2) is 11.9 Å². The van der Waals surface area contributed by atoms with Crippen molar-refractivity contribution in [3.8, 4) is 0 Å². The number of rotatable bonds is 5. The quantitative estimate of drug-likeness (QED) is 0.618. The maximum absolute atomic E-state index is 11.6. The standard InChI is InChI=1S/C13H17NO3.Na/c1-3-9(2)13(17)14-11-6-4-10(5-7-11)8-12(15)16;/h4-7,9H,3,8H2,1-2H3,(H,14,17)(H,15,16);/q;+1/p-1. The van der Waals surface area contributed by atoms with Crippen LogP contribution in [0, 0.1) is 5.92 Å². The molecule has 5 heteroatoms. The zero-order valence-corrected chi connectivity index (χ0v) is 13.0. The third kappa shape index (κ3) is 5.67. The van der Waals surface area contributed by atoms with Crippen LogP contribution in [0.4, 0.5) is 5.69 Å². The molecular formula is C13H16NNaO3. The monoisotopic (exact) mass is 257 g/mol. The van der Waals surface area contributed by atoms with Crippen molar-refractivity contribution in [2.45, 2.75) is 26.7 Å². The van der Waals surface area contributed by atoms with Crippen molar-refractivity contribution in [1.82, 2.24) is 0 Å². The predicted molar refractivity (Wildman–Crippen MR) is 63.2 cm³/mol. The second-order valence-corrected chi connectivity index (χ2v) is 4.04. The summed E-state index contributed by atoms with van der Waals surface area (Å²) in [7, 11) is 0. The first kappa shape index (κ1) is 17.2. The molecule has 1 rings (SSSR count). The van der Waals surface area contributed by atoms with Gasteiger partial charge in [0.2, 0.25) is 5.91 Å². The second kappa shape index (κ2) is 8.29. The number of benzene rings is 1. The molecule has 0 aliphatic rings. The van der Waals surface area contributed by atoms with E-state index in [1.54, 1.807) is 24.3 Å².